The molecule has 0 saturated carbocycles. The predicted octanol–water partition coefficient (Wildman–Crippen LogP) is 2.87. The first kappa shape index (κ1) is 21.3. The van der Waals surface area contributed by atoms with Crippen molar-refractivity contribution in [3.63, 3.8) is 0 Å². The number of hydrogen-bond acceptors (Lipinski definition) is 7. The van der Waals surface area contributed by atoms with E-state index in [1.807, 2.05) is 30.3 Å². The molecule has 0 radical (unpaired) electrons. The molecule has 0 heterocycles. The first-order valence-corrected chi connectivity index (χ1v) is 8.34. The largest absolute Gasteiger partial charge is 0.467 e. The highest BCUT2D eigenvalue weighted by molar-refractivity contribution is 6.13. The quantitative estimate of drug-likeness (QED) is 0.353. The summed E-state index contributed by atoms with van der Waals surface area (Å²) in [5, 5.41) is 0. The summed E-state index contributed by atoms with van der Waals surface area (Å²) in [5.74, 6) is 5.80. The molecule has 0 N–H and O–H groups in total. The SMILES string of the molecule is COCOc1cc(OCOC)c(C(=O)C#Cc2ccccc2)c(OCOC)c1. The number of hydrogen-bond donors (Lipinski definition) is 0. The lowest BCUT2D eigenvalue weighted by Gasteiger charge is -2.16. The van der Waals surface area contributed by atoms with Crippen molar-refractivity contribution in [1.82, 2.24) is 0 Å². The molecule has 0 unspecified atom stereocenters. The van der Waals surface area contributed by atoms with Crippen LogP contribution in [0.3, 0.4) is 0 Å². The zero-order valence-corrected chi connectivity index (χ0v) is 16.0. The highest BCUT2D eigenvalue weighted by Gasteiger charge is 2.20. The molecule has 0 spiro atoms. The number of rotatable bonds is 10. The van der Waals surface area contributed by atoms with Crippen LogP contribution in [0.1, 0.15) is 15.9 Å². The summed E-state index contributed by atoms with van der Waals surface area (Å²) < 4.78 is 31.4. The monoisotopic (exact) mass is 386 g/mol. The third-order valence-corrected chi connectivity index (χ3v) is 3.37. The lowest BCUT2D eigenvalue weighted by molar-refractivity contribution is 0.0401. The van der Waals surface area contributed by atoms with Crippen LogP contribution in [0.15, 0.2) is 42.5 Å². The Bertz CT molecular complexity index is 793. The van der Waals surface area contributed by atoms with Crippen molar-refractivity contribution in [1.29, 1.82) is 0 Å². The van der Waals surface area contributed by atoms with Crippen LogP contribution in [0.4, 0.5) is 0 Å². The van der Waals surface area contributed by atoms with Crippen molar-refractivity contribution in [3.05, 3.63) is 53.6 Å². The second-order valence-corrected chi connectivity index (χ2v) is 5.39. The maximum absolute atomic E-state index is 12.8. The van der Waals surface area contributed by atoms with Crippen LogP contribution in [0.5, 0.6) is 17.2 Å². The molecule has 2 aromatic carbocycles. The molecule has 28 heavy (non-hydrogen) atoms. The average molecular weight is 386 g/mol. The maximum atomic E-state index is 12.8. The van der Waals surface area contributed by atoms with Crippen molar-refractivity contribution in [3.8, 4) is 29.1 Å². The first-order chi connectivity index (χ1) is 13.7. The molecule has 0 aliphatic rings. The van der Waals surface area contributed by atoms with Gasteiger partial charge in [0, 0.05) is 39.0 Å². The first-order valence-electron chi connectivity index (χ1n) is 8.34. The Morgan fingerprint density at radius 1 is 0.821 bits per heavy atom. The highest BCUT2D eigenvalue weighted by atomic mass is 16.7. The van der Waals surface area contributed by atoms with Crippen LogP contribution < -0.4 is 14.2 Å². The zero-order valence-electron chi connectivity index (χ0n) is 16.0. The van der Waals surface area contributed by atoms with E-state index in [0.717, 1.165) is 5.56 Å². The van der Waals surface area contributed by atoms with Gasteiger partial charge in [-0.15, -0.1) is 0 Å². The van der Waals surface area contributed by atoms with Gasteiger partial charge in [0.25, 0.3) is 0 Å². The highest BCUT2D eigenvalue weighted by Crippen LogP contribution is 2.35. The fourth-order valence-corrected chi connectivity index (χ4v) is 2.19. The summed E-state index contributed by atoms with van der Waals surface area (Å²) >= 11 is 0. The van der Waals surface area contributed by atoms with E-state index >= 15 is 0 Å². The number of Topliss-reactive ketones (excluding diaryl/α,β-unsaturated/α-hetero) is 1. The van der Waals surface area contributed by atoms with Gasteiger partial charge in [-0.3, -0.25) is 4.79 Å². The minimum atomic E-state index is -0.473. The van der Waals surface area contributed by atoms with Gasteiger partial charge in [0.1, 0.15) is 22.8 Å². The van der Waals surface area contributed by atoms with E-state index < -0.39 is 5.78 Å². The number of ketones is 1. The number of benzene rings is 2. The average Bonchev–Trinajstić information content (AvgIpc) is 2.73. The topological polar surface area (TPSA) is 72.5 Å². The summed E-state index contributed by atoms with van der Waals surface area (Å²) in [6, 6.07) is 12.3. The molecule has 0 aliphatic heterocycles. The molecule has 2 aromatic rings. The molecule has 0 amide bonds. The molecule has 0 saturated heterocycles. The standard InChI is InChI=1S/C21H22O7/c1-23-13-26-17-11-19(27-14-24-2)21(20(12-17)28-15-25-3)18(22)10-9-16-7-5-4-6-8-16/h4-8,11-12H,13-15H2,1-3H3. The molecule has 2 rings (SSSR count). The summed E-state index contributed by atoms with van der Waals surface area (Å²) in [4.78, 5) is 12.8. The second kappa shape index (κ2) is 11.6. The van der Waals surface area contributed by atoms with E-state index in [2.05, 4.69) is 11.8 Å². The summed E-state index contributed by atoms with van der Waals surface area (Å²) in [6.45, 7) is -0.109. The molecular formula is C21H22O7. The Kier molecular flexibility index (Phi) is 8.82. The van der Waals surface area contributed by atoms with Gasteiger partial charge in [0.05, 0.1) is 0 Å². The molecule has 148 valence electrons. The van der Waals surface area contributed by atoms with Gasteiger partial charge >= 0.3 is 0 Å². The normalized spacial score (nSPS) is 9.96. The van der Waals surface area contributed by atoms with Crippen molar-refractivity contribution in [2.75, 3.05) is 41.7 Å². The number of methoxy groups -OCH3 is 3. The van der Waals surface area contributed by atoms with Gasteiger partial charge in [-0.2, -0.15) is 0 Å². The number of carbonyl (C=O) groups excluding carboxylic acids is 1. The van der Waals surface area contributed by atoms with Crippen LogP contribution in [0.25, 0.3) is 0 Å². The Morgan fingerprint density at radius 2 is 1.36 bits per heavy atom. The van der Waals surface area contributed by atoms with E-state index in [9.17, 15) is 4.79 Å². The molecular weight excluding hydrogens is 364 g/mol. The summed E-state index contributed by atoms with van der Waals surface area (Å²) in [7, 11) is 4.45. The fraction of sp³-hybridized carbons (Fsp3) is 0.286. The van der Waals surface area contributed by atoms with Gasteiger partial charge in [-0.05, 0) is 18.1 Å². The lowest BCUT2D eigenvalue weighted by atomic mass is 10.1. The third-order valence-electron chi connectivity index (χ3n) is 3.37. The molecule has 7 nitrogen and oxygen atoms in total. The predicted molar refractivity (Wildman–Crippen MR) is 102 cm³/mol. The van der Waals surface area contributed by atoms with E-state index in [0.29, 0.717) is 5.75 Å². The van der Waals surface area contributed by atoms with Gasteiger partial charge in [-0.1, -0.05) is 24.1 Å². The Labute approximate surface area is 164 Å². The van der Waals surface area contributed by atoms with Crippen LogP contribution >= 0.6 is 0 Å². The molecule has 0 aromatic heterocycles. The molecule has 0 atom stereocenters. The second-order valence-electron chi connectivity index (χ2n) is 5.39. The Hall–Kier alpha value is -3.05. The van der Waals surface area contributed by atoms with Crippen molar-refractivity contribution < 1.29 is 33.2 Å². The maximum Gasteiger partial charge on any atom is 0.243 e. The van der Waals surface area contributed by atoms with Crippen LogP contribution in [0.2, 0.25) is 0 Å². The Morgan fingerprint density at radius 3 is 1.89 bits per heavy atom. The zero-order chi connectivity index (χ0) is 20.2. The molecule has 0 bridgehead atoms. The molecule has 0 fully saturated rings. The van der Waals surface area contributed by atoms with Crippen molar-refractivity contribution in [2.24, 2.45) is 0 Å². The van der Waals surface area contributed by atoms with E-state index in [4.69, 9.17) is 28.4 Å². The smallest absolute Gasteiger partial charge is 0.243 e. The van der Waals surface area contributed by atoms with Crippen molar-refractivity contribution >= 4 is 5.78 Å². The van der Waals surface area contributed by atoms with Gasteiger partial charge < -0.3 is 28.4 Å². The lowest BCUT2D eigenvalue weighted by Crippen LogP contribution is -2.10. The van der Waals surface area contributed by atoms with E-state index in [-0.39, 0.29) is 37.4 Å². The van der Waals surface area contributed by atoms with Gasteiger partial charge in [0.15, 0.2) is 20.4 Å². The summed E-state index contributed by atoms with van der Waals surface area (Å²) in [5.41, 5.74) is 0.872. The Balaban J connectivity index is 2.44. The van der Waals surface area contributed by atoms with Crippen LogP contribution in [0, 0.1) is 11.8 Å². The minimum Gasteiger partial charge on any atom is -0.467 e. The van der Waals surface area contributed by atoms with E-state index in [1.165, 1.54) is 21.3 Å². The van der Waals surface area contributed by atoms with E-state index in [1.54, 1.807) is 12.1 Å². The van der Waals surface area contributed by atoms with Gasteiger partial charge in [0.2, 0.25) is 5.78 Å². The fourth-order valence-electron chi connectivity index (χ4n) is 2.19. The number of ether oxygens (including phenoxy) is 6. The third kappa shape index (κ3) is 6.28. The van der Waals surface area contributed by atoms with Gasteiger partial charge in [-0.25, -0.2) is 0 Å². The number of carbonyl (C=O) groups is 1. The molecule has 0 aliphatic carbocycles. The van der Waals surface area contributed by atoms with Crippen LogP contribution in [-0.2, 0) is 14.2 Å². The van der Waals surface area contributed by atoms with Crippen molar-refractivity contribution in [2.45, 2.75) is 0 Å². The minimum absolute atomic E-state index is 0.0224. The summed E-state index contributed by atoms with van der Waals surface area (Å²) in [6.07, 6.45) is 0. The molecule has 7 heteroatoms. The van der Waals surface area contributed by atoms with Crippen LogP contribution in [-0.4, -0.2) is 47.5 Å².